The molecule has 0 amide bonds. The topological polar surface area (TPSA) is 32.3 Å². The van der Waals surface area contributed by atoms with Crippen LogP contribution in [0.3, 0.4) is 0 Å². The quantitative estimate of drug-likeness (QED) is 0.821. The lowest BCUT2D eigenvalue weighted by molar-refractivity contribution is 0.245. The Morgan fingerprint density at radius 3 is 2.76 bits per heavy atom. The van der Waals surface area contributed by atoms with E-state index in [2.05, 4.69) is 5.32 Å². The Balaban J connectivity index is 1.82. The number of benzene rings is 1. The molecule has 0 unspecified atom stereocenters. The molecule has 2 nitrogen and oxygen atoms in total. The van der Waals surface area contributed by atoms with Gasteiger partial charge in [-0.3, -0.25) is 0 Å². The molecule has 2 rings (SSSR count). The number of hydrogen-bond acceptors (Lipinski definition) is 2. The van der Waals surface area contributed by atoms with Crippen molar-refractivity contribution in [1.82, 2.24) is 5.32 Å². The maximum absolute atomic E-state index is 13.5. The fraction of sp³-hybridized carbons (Fsp3) is 0.538. The molecule has 0 aromatic heterocycles. The molecule has 0 heterocycles. The second-order valence-electron chi connectivity index (χ2n) is 4.81. The van der Waals surface area contributed by atoms with Gasteiger partial charge in [-0.1, -0.05) is 17.7 Å². The van der Waals surface area contributed by atoms with Crippen molar-refractivity contribution in [2.75, 3.05) is 13.2 Å². The summed E-state index contributed by atoms with van der Waals surface area (Å²) >= 11 is 5.69. The zero-order valence-corrected chi connectivity index (χ0v) is 10.4. The van der Waals surface area contributed by atoms with Crippen LogP contribution in [0.5, 0.6) is 0 Å². The predicted molar refractivity (Wildman–Crippen MR) is 66.5 cm³/mol. The maximum Gasteiger partial charge on any atom is 0.129 e. The zero-order chi connectivity index (χ0) is 12.3. The van der Waals surface area contributed by atoms with Crippen LogP contribution in [-0.4, -0.2) is 18.3 Å². The van der Waals surface area contributed by atoms with Crippen LogP contribution in [0.15, 0.2) is 18.2 Å². The van der Waals surface area contributed by atoms with Gasteiger partial charge in [-0.05, 0) is 36.8 Å². The summed E-state index contributed by atoms with van der Waals surface area (Å²) in [6.45, 7) is 1.59. The Morgan fingerprint density at radius 2 is 2.18 bits per heavy atom. The Kier molecular flexibility index (Phi) is 4.02. The highest BCUT2D eigenvalue weighted by atomic mass is 35.5. The van der Waals surface area contributed by atoms with Gasteiger partial charge < -0.3 is 10.4 Å². The molecule has 0 radical (unpaired) electrons. The fourth-order valence-corrected chi connectivity index (χ4v) is 2.22. The third-order valence-electron chi connectivity index (χ3n) is 3.43. The fourth-order valence-electron chi connectivity index (χ4n) is 2.06. The molecule has 1 saturated carbocycles. The maximum atomic E-state index is 13.5. The number of aliphatic hydroxyl groups is 1. The van der Waals surface area contributed by atoms with Crippen molar-refractivity contribution in [1.29, 1.82) is 0 Å². The van der Waals surface area contributed by atoms with Crippen molar-refractivity contribution in [2.45, 2.75) is 25.8 Å². The molecule has 0 atom stereocenters. The lowest BCUT2D eigenvalue weighted by Gasteiger charge is -2.14. The van der Waals surface area contributed by atoms with Gasteiger partial charge in [-0.25, -0.2) is 4.39 Å². The lowest BCUT2D eigenvalue weighted by Crippen LogP contribution is -2.24. The van der Waals surface area contributed by atoms with Crippen LogP contribution >= 0.6 is 11.6 Å². The van der Waals surface area contributed by atoms with E-state index in [4.69, 9.17) is 16.7 Å². The molecule has 0 saturated heterocycles. The summed E-state index contributed by atoms with van der Waals surface area (Å²) in [5.74, 6) is -0.267. The van der Waals surface area contributed by atoms with Crippen LogP contribution in [0.4, 0.5) is 4.39 Å². The number of halogens is 2. The third kappa shape index (κ3) is 3.41. The third-order valence-corrected chi connectivity index (χ3v) is 3.66. The Hall–Kier alpha value is -0.640. The van der Waals surface area contributed by atoms with Gasteiger partial charge >= 0.3 is 0 Å². The Morgan fingerprint density at radius 1 is 1.41 bits per heavy atom. The molecule has 4 heteroatoms. The summed E-state index contributed by atoms with van der Waals surface area (Å²) in [5.41, 5.74) is 0.895. The van der Waals surface area contributed by atoms with Gasteiger partial charge in [-0.2, -0.15) is 0 Å². The monoisotopic (exact) mass is 257 g/mol. The highest BCUT2D eigenvalue weighted by Crippen LogP contribution is 2.47. The molecule has 1 aliphatic rings. The second-order valence-corrected chi connectivity index (χ2v) is 5.25. The minimum Gasteiger partial charge on any atom is -0.396 e. The first kappa shape index (κ1) is 12.8. The molecule has 0 aliphatic heterocycles. The Labute approximate surface area is 106 Å². The van der Waals surface area contributed by atoms with E-state index in [-0.39, 0.29) is 17.8 Å². The number of rotatable bonds is 6. The molecule has 94 valence electrons. The van der Waals surface area contributed by atoms with Gasteiger partial charge in [0.15, 0.2) is 0 Å². The standard InChI is InChI=1S/C13H17ClFNO/c14-11-2-1-10(12(15)7-11)8-16-9-13(3-4-13)5-6-17/h1-2,7,16-17H,3-6,8-9H2. The van der Waals surface area contributed by atoms with Gasteiger partial charge in [0.1, 0.15) is 5.82 Å². The van der Waals surface area contributed by atoms with Crippen LogP contribution in [0, 0.1) is 11.2 Å². The Bertz CT molecular complexity index is 393. The number of hydrogen-bond donors (Lipinski definition) is 2. The minimum absolute atomic E-state index is 0.233. The first-order valence-electron chi connectivity index (χ1n) is 5.91. The first-order chi connectivity index (χ1) is 8.15. The smallest absolute Gasteiger partial charge is 0.129 e. The van der Waals surface area contributed by atoms with Crippen LogP contribution in [0.25, 0.3) is 0 Å². The average molecular weight is 258 g/mol. The molecule has 1 aliphatic carbocycles. The molecular weight excluding hydrogens is 241 g/mol. The molecule has 2 N–H and O–H groups in total. The summed E-state index contributed by atoms with van der Waals surface area (Å²) in [7, 11) is 0. The van der Waals surface area contributed by atoms with E-state index in [0.717, 1.165) is 25.8 Å². The van der Waals surface area contributed by atoms with E-state index >= 15 is 0 Å². The van der Waals surface area contributed by atoms with E-state index in [1.807, 2.05) is 0 Å². The molecule has 1 fully saturated rings. The second kappa shape index (κ2) is 5.34. The van der Waals surface area contributed by atoms with E-state index in [1.54, 1.807) is 12.1 Å². The van der Waals surface area contributed by atoms with Crippen molar-refractivity contribution >= 4 is 11.6 Å². The normalized spacial score (nSPS) is 17.1. The SMILES string of the molecule is OCCC1(CNCc2ccc(Cl)cc2F)CC1. The molecule has 1 aromatic rings. The van der Waals surface area contributed by atoms with Crippen LogP contribution in [0.1, 0.15) is 24.8 Å². The van der Waals surface area contributed by atoms with E-state index in [9.17, 15) is 4.39 Å². The summed E-state index contributed by atoms with van der Waals surface area (Å²) in [5, 5.41) is 12.6. The van der Waals surface area contributed by atoms with Gasteiger partial charge in [0.2, 0.25) is 0 Å². The van der Waals surface area contributed by atoms with Crippen molar-refractivity contribution < 1.29 is 9.50 Å². The molecule has 1 aromatic carbocycles. The van der Waals surface area contributed by atoms with Gasteiger partial charge in [-0.15, -0.1) is 0 Å². The summed E-state index contributed by atoms with van der Waals surface area (Å²) < 4.78 is 13.5. The summed E-state index contributed by atoms with van der Waals surface area (Å²) in [6.07, 6.45) is 3.15. The van der Waals surface area contributed by atoms with Crippen molar-refractivity contribution in [3.63, 3.8) is 0 Å². The van der Waals surface area contributed by atoms with E-state index < -0.39 is 0 Å². The number of nitrogens with one attached hydrogen (secondary N) is 1. The van der Waals surface area contributed by atoms with Gasteiger partial charge in [0.05, 0.1) is 0 Å². The molecule has 0 spiro atoms. The van der Waals surface area contributed by atoms with Gasteiger partial charge in [0.25, 0.3) is 0 Å². The molecular formula is C13H17ClFNO. The average Bonchev–Trinajstić information content (AvgIpc) is 3.02. The summed E-state index contributed by atoms with van der Waals surface area (Å²) in [4.78, 5) is 0. The first-order valence-corrected chi connectivity index (χ1v) is 6.29. The van der Waals surface area contributed by atoms with Gasteiger partial charge in [0, 0.05) is 30.3 Å². The largest absolute Gasteiger partial charge is 0.396 e. The van der Waals surface area contributed by atoms with Crippen LogP contribution in [-0.2, 0) is 6.54 Å². The van der Waals surface area contributed by atoms with Crippen molar-refractivity contribution in [2.24, 2.45) is 5.41 Å². The van der Waals surface area contributed by atoms with Crippen molar-refractivity contribution in [3.05, 3.63) is 34.6 Å². The highest BCUT2D eigenvalue weighted by Gasteiger charge is 2.41. The zero-order valence-electron chi connectivity index (χ0n) is 9.68. The lowest BCUT2D eigenvalue weighted by atomic mass is 10.0. The highest BCUT2D eigenvalue weighted by molar-refractivity contribution is 6.30. The number of aliphatic hydroxyl groups excluding tert-OH is 1. The molecule has 17 heavy (non-hydrogen) atoms. The minimum atomic E-state index is -0.267. The summed E-state index contributed by atoms with van der Waals surface area (Å²) in [6, 6.07) is 4.73. The van der Waals surface area contributed by atoms with Crippen LogP contribution in [0.2, 0.25) is 5.02 Å². The predicted octanol–water partition coefficient (Wildman–Crippen LogP) is 2.73. The van der Waals surface area contributed by atoms with E-state index in [1.165, 1.54) is 6.07 Å². The van der Waals surface area contributed by atoms with Crippen molar-refractivity contribution in [3.8, 4) is 0 Å². The van der Waals surface area contributed by atoms with Crippen LogP contribution < -0.4 is 5.32 Å². The van der Waals surface area contributed by atoms with E-state index in [0.29, 0.717) is 17.1 Å². The molecule has 0 bridgehead atoms.